The van der Waals surface area contributed by atoms with E-state index >= 15 is 0 Å². The van der Waals surface area contributed by atoms with E-state index in [0.29, 0.717) is 5.56 Å². The van der Waals surface area contributed by atoms with Crippen LogP contribution in [0, 0.1) is 0 Å². The molecule has 2 rings (SSSR count). The molecule has 1 unspecified atom stereocenters. The van der Waals surface area contributed by atoms with Crippen LogP contribution < -0.4 is 10.5 Å². The molecule has 0 radical (unpaired) electrons. The van der Waals surface area contributed by atoms with Crippen LogP contribution in [0.2, 0.25) is 0 Å². The van der Waals surface area contributed by atoms with Crippen molar-refractivity contribution in [2.24, 2.45) is 5.73 Å². The summed E-state index contributed by atoms with van der Waals surface area (Å²) in [5.74, 6) is -0.0435. The van der Waals surface area contributed by atoms with Crippen LogP contribution in [0.3, 0.4) is 0 Å². The number of amides is 1. The Labute approximate surface area is 111 Å². The van der Waals surface area contributed by atoms with Crippen molar-refractivity contribution < 1.29 is 14.6 Å². The summed E-state index contributed by atoms with van der Waals surface area (Å²) in [7, 11) is 0. The minimum absolute atomic E-state index is 0.268. The number of nitrogens with two attached hydrogens (primary N) is 1. The highest BCUT2D eigenvalue weighted by atomic mass is 16.5. The van der Waals surface area contributed by atoms with Crippen molar-refractivity contribution in [1.82, 2.24) is 0 Å². The van der Waals surface area contributed by atoms with Gasteiger partial charge in [-0.05, 0) is 23.3 Å². The normalized spacial score (nSPS) is 11.8. The molecule has 0 aliphatic carbocycles. The molecule has 2 aromatic carbocycles. The first-order chi connectivity index (χ1) is 9.18. The third-order valence-electron chi connectivity index (χ3n) is 2.76. The molecule has 4 heteroatoms. The van der Waals surface area contributed by atoms with Gasteiger partial charge in [-0.1, -0.05) is 42.5 Å². The Balaban J connectivity index is 2.14. The molecule has 0 saturated carbocycles. The van der Waals surface area contributed by atoms with E-state index in [2.05, 4.69) is 0 Å². The number of primary amides is 1. The maximum absolute atomic E-state index is 11.1. The van der Waals surface area contributed by atoms with Crippen LogP contribution in [0.5, 0.6) is 5.75 Å². The van der Waals surface area contributed by atoms with Crippen molar-refractivity contribution in [3.8, 4) is 5.75 Å². The molecule has 19 heavy (non-hydrogen) atoms. The van der Waals surface area contributed by atoms with Crippen LogP contribution in [0.15, 0.2) is 54.6 Å². The molecule has 0 aliphatic rings. The second kappa shape index (κ2) is 6.02. The highest BCUT2D eigenvalue weighted by Gasteiger charge is 2.17. The van der Waals surface area contributed by atoms with Crippen LogP contribution in [0.4, 0.5) is 0 Å². The number of hydrogen-bond acceptors (Lipinski definition) is 3. The molecular weight excluding hydrogens is 242 g/mol. The summed E-state index contributed by atoms with van der Waals surface area (Å²) in [6.07, 6.45) is -1.31. The van der Waals surface area contributed by atoms with Gasteiger partial charge in [0.05, 0.1) is 0 Å². The largest absolute Gasteiger partial charge is 0.489 e. The number of hydrogen-bond donors (Lipinski definition) is 2. The van der Waals surface area contributed by atoms with E-state index in [0.717, 1.165) is 11.3 Å². The van der Waals surface area contributed by atoms with Gasteiger partial charge in [0.15, 0.2) is 6.10 Å². The standard InChI is InChI=1S/C15H15NO3/c16-15(18)14(17)13-9-5-4-6-11(13)10-19-12-7-2-1-3-8-12/h1-9,14,17H,10H2,(H2,16,18). The number of carbonyl (C=O) groups is 1. The van der Waals surface area contributed by atoms with Gasteiger partial charge in [-0.15, -0.1) is 0 Å². The lowest BCUT2D eigenvalue weighted by Gasteiger charge is -2.13. The van der Waals surface area contributed by atoms with E-state index in [9.17, 15) is 9.90 Å². The van der Waals surface area contributed by atoms with E-state index in [1.54, 1.807) is 18.2 Å². The highest BCUT2D eigenvalue weighted by Crippen LogP contribution is 2.20. The summed E-state index contributed by atoms with van der Waals surface area (Å²) < 4.78 is 5.60. The quantitative estimate of drug-likeness (QED) is 0.857. The first kappa shape index (κ1) is 13.1. The van der Waals surface area contributed by atoms with Crippen LogP contribution in [-0.4, -0.2) is 11.0 Å². The summed E-state index contributed by atoms with van der Waals surface area (Å²) in [5.41, 5.74) is 6.33. The van der Waals surface area contributed by atoms with Crippen LogP contribution >= 0.6 is 0 Å². The molecule has 0 bridgehead atoms. The molecule has 98 valence electrons. The molecule has 3 N–H and O–H groups in total. The molecule has 0 aromatic heterocycles. The Morgan fingerprint density at radius 2 is 1.74 bits per heavy atom. The van der Waals surface area contributed by atoms with Crippen LogP contribution in [0.1, 0.15) is 17.2 Å². The molecule has 2 aromatic rings. The molecule has 0 spiro atoms. The van der Waals surface area contributed by atoms with E-state index in [4.69, 9.17) is 10.5 Å². The zero-order valence-corrected chi connectivity index (χ0v) is 10.3. The minimum Gasteiger partial charge on any atom is -0.489 e. The van der Waals surface area contributed by atoms with Gasteiger partial charge >= 0.3 is 0 Å². The van der Waals surface area contributed by atoms with Gasteiger partial charge in [-0.3, -0.25) is 4.79 Å². The van der Waals surface area contributed by atoms with Crippen LogP contribution in [-0.2, 0) is 11.4 Å². The van der Waals surface area contributed by atoms with Crippen molar-refractivity contribution in [3.63, 3.8) is 0 Å². The Hall–Kier alpha value is -2.33. The SMILES string of the molecule is NC(=O)C(O)c1ccccc1COc1ccccc1. The Morgan fingerprint density at radius 3 is 2.42 bits per heavy atom. The third-order valence-corrected chi connectivity index (χ3v) is 2.76. The third kappa shape index (κ3) is 3.33. The van der Waals surface area contributed by atoms with E-state index < -0.39 is 12.0 Å². The summed E-state index contributed by atoms with van der Waals surface area (Å²) in [4.78, 5) is 11.1. The van der Waals surface area contributed by atoms with Gasteiger partial charge in [-0.25, -0.2) is 0 Å². The Morgan fingerprint density at radius 1 is 1.11 bits per heavy atom. The molecule has 0 saturated heterocycles. The number of para-hydroxylation sites is 1. The minimum atomic E-state index is -1.31. The lowest BCUT2D eigenvalue weighted by Crippen LogP contribution is -2.22. The van der Waals surface area contributed by atoms with Gasteiger partial charge in [0, 0.05) is 0 Å². The number of carbonyl (C=O) groups excluding carboxylic acids is 1. The lowest BCUT2D eigenvalue weighted by molar-refractivity contribution is -0.126. The number of benzene rings is 2. The fraction of sp³-hybridized carbons (Fsp3) is 0.133. The van der Waals surface area contributed by atoms with E-state index in [1.807, 2.05) is 36.4 Å². The zero-order valence-electron chi connectivity index (χ0n) is 10.3. The molecule has 0 heterocycles. The summed E-state index contributed by atoms with van der Waals surface area (Å²) in [6, 6.07) is 16.4. The monoisotopic (exact) mass is 257 g/mol. The van der Waals surface area contributed by atoms with Gasteiger partial charge in [-0.2, -0.15) is 0 Å². The average Bonchev–Trinajstić information content (AvgIpc) is 2.45. The lowest BCUT2D eigenvalue weighted by atomic mass is 10.0. The number of aliphatic hydroxyl groups excluding tert-OH is 1. The van der Waals surface area contributed by atoms with Crippen LogP contribution in [0.25, 0.3) is 0 Å². The maximum atomic E-state index is 11.1. The predicted molar refractivity (Wildman–Crippen MR) is 71.4 cm³/mol. The molecular formula is C15H15NO3. The van der Waals surface area contributed by atoms with Crippen molar-refractivity contribution >= 4 is 5.91 Å². The summed E-state index contributed by atoms with van der Waals surface area (Å²) in [5, 5.41) is 9.75. The molecule has 1 amide bonds. The highest BCUT2D eigenvalue weighted by molar-refractivity contribution is 5.80. The summed E-state index contributed by atoms with van der Waals surface area (Å²) in [6.45, 7) is 0.268. The first-order valence-electron chi connectivity index (χ1n) is 5.91. The second-order valence-corrected chi connectivity index (χ2v) is 4.11. The average molecular weight is 257 g/mol. The molecule has 4 nitrogen and oxygen atoms in total. The molecule has 1 atom stereocenters. The number of aliphatic hydroxyl groups is 1. The molecule has 0 fully saturated rings. The van der Waals surface area contributed by atoms with Gasteiger partial charge in [0.1, 0.15) is 12.4 Å². The number of ether oxygens (including phenoxy) is 1. The van der Waals surface area contributed by atoms with Gasteiger partial charge in [0.2, 0.25) is 0 Å². The Kier molecular flexibility index (Phi) is 4.15. The second-order valence-electron chi connectivity index (χ2n) is 4.11. The fourth-order valence-electron chi connectivity index (χ4n) is 1.76. The predicted octanol–water partition coefficient (Wildman–Crippen LogP) is 1.78. The number of rotatable bonds is 5. The van der Waals surface area contributed by atoms with E-state index in [-0.39, 0.29) is 6.61 Å². The topological polar surface area (TPSA) is 72.6 Å². The van der Waals surface area contributed by atoms with Crippen molar-refractivity contribution in [1.29, 1.82) is 0 Å². The fourth-order valence-corrected chi connectivity index (χ4v) is 1.76. The van der Waals surface area contributed by atoms with Gasteiger partial charge in [0.25, 0.3) is 5.91 Å². The van der Waals surface area contributed by atoms with Gasteiger partial charge < -0.3 is 15.6 Å². The maximum Gasteiger partial charge on any atom is 0.250 e. The van der Waals surface area contributed by atoms with Crippen molar-refractivity contribution in [2.45, 2.75) is 12.7 Å². The summed E-state index contributed by atoms with van der Waals surface area (Å²) >= 11 is 0. The van der Waals surface area contributed by atoms with E-state index in [1.165, 1.54) is 0 Å². The smallest absolute Gasteiger partial charge is 0.250 e. The Bertz CT molecular complexity index is 554. The van der Waals surface area contributed by atoms with Crippen molar-refractivity contribution in [3.05, 3.63) is 65.7 Å². The first-order valence-corrected chi connectivity index (χ1v) is 5.91. The molecule has 0 aliphatic heterocycles. The zero-order chi connectivity index (χ0) is 13.7. The van der Waals surface area contributed by atoms with Crippen molar-refractivity contribution in [2.75, 3.05) is 0 Å².